The summed E-state index contributed by atoms with van der Waals surface area (Å²) in [6.07, 6.45) is 0. The zero-order valence-corrected chi connectivity index (χ0v) is 18.4. The normalized spacial score (nSPS) is 15.3. The number of aromatic nitrogens is 2. The number of piperazine rings is 1. The number of methoxy groups -OCH3 is 1. The number of H-pyrrole nitrogens is 1. The predicted molar refractivity (Wildman–Crippen MR) is 115 cm³/mol. The van der Waals surface area contributed by atoms with E-state index in [9.17, 15) is 13.2 Å². The Morgan fingerprint density at radius 3 is 2.43 bits per heavy atom. The first-order valence-electron chi connectivity index (χ1n) is 9.13. The Morgan fingerprint density at radius 1 is 1.13 bits per heavy atom. The van der Waals surface area contributed by atoms with Crippen molar-refractivity contribution in [2.24, 2.45) is 0 Å². The maximum Gasteiger partial charge on any atom is 0.271 e. The topological polar surface area (TPSA) is 95.6 Å². The molecule has 0 radical (unpaired) electrons. The first kappa shape index (κ1) is 20.9. The smallest absolute Gasteiger partial charge is 0.271 e. The molecule has 0 aliphatic carbocycles. The number of amides is 1. The second kappa shape index (κ2) is 8.38. The lowest BCUT2D eigenvalue weighted by atomic mass is 10.1. The van der Waals surface area contributed by atoms with Gasteiger partial charge >= 0.3 is 0 Å². The van der Waals surface area contributed by atoms with Crippen molar-refractivity contribution in [3.05, 3.63) is 52.5 Å². The number of rotatable bonds is 5. The Morgan fingerprint density at radius 2 is 1.83 bits per heavy atom. The molecule has 30 heavy (non-hydrogen) atoms. The van der Waals surface area contributed by atoms with Crippen LogP contribution < -0.4 is 4.74 Å². The molecule has 1 aliphatic heterocycles. The average molecular weight is 467 g/mol. The first-order chi connectivity index (χ1) is 14.4. The molecule has 2 aromatic heterocycles. The monoisotopic (exact) mass is 466 g/mol. The van der Waals surface area contributed by atoms with Crippen LogP contribution in [-0.2, 0) is 10.0 Å². The van der Waals surface area contributed by atoms with Crippen molar-refractivity contribution in [3.8, 4) is 17.0 Å². The molecule has 0 bridgehead atoms. The zero-order chi connectivity index (χ0) is 21.3. The number of nitrogens with zero attached hydrogens (tertiary/aromatic N) is 3. The highest BCUT2D eigenvalue weighted by Gasteiger charge is 2.31. The Balaban J connectivity index is 1.41. The Bertz CT molecular complexity index is 1150. The zero-order valence-electron chi connectivity index (χ0n) is 16.0. The molecule has 0 atom stereocenters. The van der Waals surface area contributed by atoms with Gasteiger partial charge in [-0.2, -0.15) is 9.40 Å². The van der Waals surface area contributed by atoms with Gasteiger partial charge in [0.1, 0.15) is 15.7 Å². The second-order valence-corrected chi connectivity index (χ2v) is 10.5. The Labute approximate surface area is 183 Å². The molecule has 8 nitrogen and oxygen atoms in total. The molecule has 1 aliphatic rings. The van der Waals surface area contributed by atoms with Crippen LogP contribution in [0.5, 0.6) is 5.75 Å². The van der Waals surface area contributed by atoms with Gasteiger partial charge in [0.25, 0.3) is 15.9 Å². The van der Waals surface area contributed by atoms with Gasteiger partial charge < -0.3 is 9.64 Å². The van der Waals surface area contributed by atoms with Gasteiger partial charge in [0.2, 0.25) is 0 Å². The van der Waals surface area contributed by atoms with Gasteiger partial charge in [-0.25, -0.2) is 8.42 Å². The summed E-state index contributed by atoms with van der Waals surface area (Å²) in [5.74, 6) is 0.529. The van der Waals surface area contributed by atoms with E-state index in [1.165, 1.54) is 10.4 Å². The largest absolute Gasteiger partial charge is 0.497 e. The van der Waals surface area contributed by atoms with Crippen LogP contribution >= 0.6 is 22.9 Å². The minimum absolute atomic E-state index is 0.210. The molecule has 4 rings (SSSR count). The SMILES string of the molecule is COc1ccc(-c2cc(C(=O)N3CCN(S(=O)(=O)c4ccc(Cl)s4)CC3)[nH]n2)cc1. The number of hydrogen-bond acceptors (Lipinski definition) is 6. The number of ether oxygens (including phenoxy) is 1. The number of carbonyl (C=O) groups is 1. The van der Waals surface area contributed by atoms with Crippen molar-refractivity contribution < 1.29 is 17.9 Å². The first-order valence-corrected chi connectivity index (χ1v) is 11.8. The molecule has 0 unspecified atom stereocenters. The van der Waals surface area contributed by atoms with Crippen molar-refractivity contribution in [1.29, 1.82) is 0 Å². The average Bonchev–Trinajstić information content (AvgIpc) is 3.43. The fourth-order valence-electron chi connectivity index (χ4n) is 3.21. The van der Waals surface area contributed by atoms with Crippen LogP contribution in [0.15, 0.2) is 46.7 Å². The minimum Gasteiger partial charge on any atom is -0.497 e. The highest BCUT2D eigenvalue weighted by Crippen LogP contribution is 2.29. The van der Waals surface area contributed by atoms with Crippen LogP contribution in [0.25, 0.3) is 11.3 Å². The van der Waals surface area contributed by atoms with E-state index in [1.54, 1.807) is 24.1 Å². The molecule has 158 valence electrons. The molecule has 0 spiro atoms. The molecule has 1 aromatic carbocycles. The van der Waals surface area contributed by atoms with E-state index in [4.69, 9.17) is 16.3 Å². The molecule has 1 amide bonds. The Kier molecular flexibility index (Phi) is 5.83. The molecule has 1 saturated heterocycles. The summed E-state index contributed by atoms with van der Waals surface area (Å²) < 4.78 is 32.6. The lowest BCUT2D eigenvalue weighted by Crippen LogP contribution is -2.50. The quantitative estimate of drug-likeness (QED) is 0.623. The minimum atomic E-state index is -3.59. The van der Waals surface area contributed by atoms with E-state index in [-0.39, 0.29) is 23.2 Å². The van der Waals surface area contributed by atoms with Crippen LogP contribution in [0.4, 0.5) is 0 Å². The highest BCUT2D eigenvalue weighted by atomic mass is 35.5. The maximum absolute atomic E-state index is 12.8. The molecular weight excluding hydrogens is 448 g/mol. The molecule has 1 fully saturated rings. The lowest BCUT2D eigenvalue weighted by molar-refractivity contribution is 0.0692. The molecule has 3 heterocycles. The molecule has 3 aromatic rings. The predicted octanol–water partition coefficient (Wildman–Crippen LogP) is 2.95. The van der Waals surface area contributed by atoms with E-state index >= 15 is 0 Å². The summed E-state index contributed by atoms with van der Waals surface area (Å²) in [5, 5.41) is 7.01. The van der Waals surface area contributed by atoms with Gasteiger partial charge in [-0.05, 0) is 42.5 Å². The fraction of sp³-hybridized carbons (Fsp3) is 0.263. The molecular formula is C19H19ClN4O4S2. The highest BCUT2D eigenvalue weighted by molar-refractivity contribution is 7.91. The number of nitrogens with one attached hydrogen (secondary N) is 1. The summed E-state index contributed by atoms with van der Waals surface area (Å²) >= 11 is 6.90. The van der Waals surface area contributed by atoms with Crippen LogP contribution in [0, 0.1) is 0 Å². The molecule has 1 N–H and O–H groups in total. The second-order valence-electron chi connectivity index (χ2n) is 6.65. The summed E-state index contributed by atoms with van der Waals surface area (Å²) in [7, 11) is -2.00. The number of thiophene rings is 1. The third-order valence-corrected chi connectivity index (χ3v) is 8.46. The maximum atomic E-state index is 12.8. The van der Waals surface area contributed by atoms with Crippen molar-refractivity contribution in [2.75, 3.05) is 33.3 Å². The molecule has 0 saturated carbocycles. The summed E-state index contributed by atoms with van der Waals surface area (Å²) in [4.78, 5) is 14.4. The van der Waals surface area contributed by atoms with E-state index < -0.39 is 10.0 Å². The van der Waals surface area contributed by atoms with Gasteiger partial charge in [0.15, 0.2) is 0 Å². The van der Waals surface area contributed by atoms with Gasteiger partial charge in [-0.3, -0.25) is 9.89 Å². The number of benzene rings is 1. The van der Waals surface area contributed by atoms with E-state index in [0.717, 1.165) is 22.6 Å². The van der Waals surface area contributed by atoms with Crippen molar-refractivity contribution in [1.82, 2.24) is 19.4 Å². The van der Waals surface area contributed by atoms with Crippen molar-refractivity contribution in [3.63, 3.8) is 0 Å². The number of sulfonamides is 1. The standard InChI is InChI=1S/C19H19ClN4O4S2/c1-28-14-4-2-13(3-5-14)15-12-16(22-21-15)19(25)23-8-10-24(11-9-23)30(26,27)18-7-6-17(20)29-18/h2-7,12H,8-11H2,1H3,(H,21,22). The van der Waals surface area contributed by atoms with Gasteiger partial charge in [-0.15, -0.1) is 11.3 Å². The lowest BCUT2D eigenvalue weighted by Gasteiger charge is -2.33. The summed E-state index contributed by atoms with van der Waals surface area (Å²) in [6.45, 7) is 1.05. The van der Waals surface area contributed by atoms with Crippen molar-refractivity contribution in [2.45, 2.75) is 4.21 Å². The number of halogens is 1. The number of aromatic amines is 1. The third kappa shape index (κ3) is 4.08. The van der Waals surface area contributed by atoms with E-state index in [0.29, 0.717) is 28.8 Å². The van der Waals surface area contributed by atoms with Gasteiger partial charge in [-0.1, -0.05) is 11.6 Å². The fourth-order valence-corrected chi connectivity index (χ4v) is 6.27. The van der Waals surface area contributed by atoms with E-state index in [1.807, 2.05) is 24.3 Å². The van der Waals surface area contributed by atoms with E-state index in [2.05, 4.69) is 10.2 Å². The summed E-state index contributed by atoms with van der Waals surface area (Å²) in [5.41, 5.74) is 1.87. The molecule has 11 heteroatoms. The van der Waals surface area contributed by atoms with Crippen LogP contribution in [0.3, 0.4) is 0 Å². The van der Waals surface area contributed by atoms with Crippen LogP contribution in [-0.4, -0.2) is 67.0 Å². The van der Waals surface area contributed by atoms with Gasteiger partial charge in [0, 0.05) is 31.7 Å². The summed E-state index contributed by atoms with van der Waals surface area (Å²) in [6, 6.07) is 12.1. The van der Waals surface area contributed by atoms with Gasteiger partial charge in [0.05, 0.1) is 17.1 Å². The Hall–Kier alpha value is -2.40. The van der Waals surface area contributed by atoms with Crippen LogP contribution in [0.2, 0.25) is 4.34 Å². The van der Waals surface area contributed by atoms with Crippen LogP contribution in [0.1, 0.15) is 10.5 Å². The number of carbonyl (C=O) groups excluding carboxylic acids is 1. The van der Waals surface area contributed by atoms with Crippen molar-refractivity contribution >= 4 is 38.9 Å². The number of hydrogen-bond donors (Lipinski definition) is 1. The third-order valence-electron chi connectivity index (χ3n) is 4.86.